The molecule has 0 spiro atoms. The molecular formula is C12H11Cl2N3O2S. The Bertz CT molecular complexity index is 764. The Morgan fingerprint density at radius 3 is 2.40 bits per heavy atom. The Kier molecular flexibility index (Phi) is 3.99. The van der Waals surface area contributed by atoms with Crippen LogP contribution in [0, 0.1) is 0 Å². The number of aromatic nitrogens is 1. The van der Waals surface area contributed by atoms with Gasteiger partial charge in [0.05, 0.1) is 10.1 Å². The van der Waals surface area contributed by atoms with Crippen molar-refractivity contribution in [2.24, 2.45) is 5.73 Å². The zero-order chi connectivity index (χ0) is 14.9. The van der Waals surface area contributed by atoms with Crippen LogP contribution in [0.5, 0.6) is 0 Å². The van der Waals surface area contributed by atoms with E-state index in [1.54, 1.807) is 18.2 Å². The Morgan fingerprint density at radius 1 is 1.25 bits per heavy atom. The number of nitrogens with two attached hydrogens (primary N) is 2. The average Bonchev–Trinajstić information content (AvgIpc) is 2.65. The monoisotopic (exact) mass is 331 g/mol. The van der Waals surface area contributed by atoms with E-state index >= 15 is 0 Å². The van der Waals surface area contributed by atoms with Gasteiger partial charge in [-0.25, -0.2) is 12.4 Å². The molecule has 0 unspecified atom stereocenters. The maximum Gasteiger partial charge on any atom is 0.270 e. The number of nitrogens with zero attached hydrogens (tertiary/aromatic N) is 1. The number of halogens is 2. The van der Waals surface area contributed by atoms with Gasteiger partial charge in [-0.15, -0.1) is 0 Å². The molecule has 0 aliphatic rings. The largest absolute Gasteiger partial charge is 0.389 e. The smallest absolute Gasteiger partial charge is 0.270 e. The molecule has 0 atom stereocenters. The van der Waals surface area contributed by atoms with Crippen LogP contribution in [0.2, 0.25) is 5.15 Å². The van der Waals surface area contributed by atoms with Gasteiger partial charge in [0.15, 0.2) is 0 Å². The van der Waals surface area contributed by atoms with E-state index in [1.165, 1.54) is 24.3 Å². The van der Waals surface area contributed by atoms with Crippen LogP contribution >= 0.6 is 23.2 Å². The molecule has 2 aromatic rings. The molecule has 1 heterocycles. The van der Waals surface area contributed by atoms with Crippen molar-refractivity contribution < 1.29 is 8.42 Å². The second kappa shape index (κ2) is 5.40. The Balaban J connectivity index is 2.65. The second-order valence-electron chi connectivity index (χ2n) is 3.92. The molecule has 4 N–H and O–H groups in total. The maximum absolute atomic E-state index is 12.5. The first-order chi connectivity index (χ1) is 9.34. The van der Waals surface area contributed by atoms with Gasteiger partial charge >= 0.3 is 0 Å². The first-order valence-corrected chi connectivity index (χ1v) is 7.63. The summed E-state index contributed by atoms with van der Waals surface area (Å²) in [5.41, 5.74) is 11.5. The van der Waals surface area contributed by atoms with Gasteiger partial charge < -0.3 is 11.5 Å². The van der Waals surface area contributed by atoms with Crippen LogP contribution in [-0.2, 0) is 10.0 Å². The van der Waals surface area contributed by atoms with Crippen LogP contribution in [0.4, 0.5) is 5.82 Å². The fraction of sp³-hybridized carbons (Fsp3) is 0. The molecule has 0 amide bonds. The van der Waals surface area contributed by atoms with Gasteiger partial charge in [-0.05, 0) is 24.3 Å². The molecule has 0 bridgehead atoms. The second-order valence-corrected chi connectivity index (χ2v) is 6.53. The zero-order valence-corrected chi connectivity index (χ0v) is 12.5. The van der Waals surface area contributed by atoms with Crippen molar-refractivity contribution in [3.05, 3.63) is 52.3 Å². The van der Waals surface area contributed by atoms with Crippen LogP contribution in [0.25, 0.3) is 6.08 Å². The van der Waals surface area contributed by atoms with Gasteiger partial charge in [0.1, 0.15) is 11.0 Å². The maximum atomic E-state index is 12.5. The van der Waals surface area contributed by atoms with Crippen molar-refractivity contribution in [1.29, 1.82) is 0 Å². The summed E-state index contributed by atoms with van der Waals surface area (Å²) >= 11 is 11.5. The summed E-state index contributed by atoms with van der Waals surface area (Å²) in [5, 5.41) is -0.0712. The van der Waals surface area contributed by atoms with Crippen LogP contribution in [0.1, 0.15) is 5.56 Å². The number of hydrogen-bond donors (Lipinski definition) is 2. The molecule has 0 fully saturated rings. The minimum atomic E-state index is -3.87. The zero-order valence-electron chi connectivity index (χ0n) is 10.1. The Hall–Kier alpha value is -1.63. The van der Waals surface area contributed by atoms with Crippen LogP contribution < -0.4 is 11.5 Å². The highest BCUT2D eigenvalue weighted by molar-refractivity contribution is 7.90. The first kappa shape index (κ1) is 14.8. The lowest BCUT2D eigenvalue weighted by molar-refractivity contribution is 0.588. The van der Waals surface area contributed by atoms with Gasteiger partial charge in [0.2, 0.25) is 0 Å². The van der Waals surface area contributed by atoms with Gasteiger partial charge in [0.25, 0.3) is 10.0 Å². The SMILES string of the molecule is N/C(Cl)=C\c1cc(Cl)n(S(=O)(=O)c2ccccc2)c1N. The van der Waals surface area contributed by atoms with Crippen LogP contribution in [0.3, 0.4) is 0 Å². The lowest BCUT2D eigenvalue weighted by atomic mass is 10.3. The topological polar surface area (TPSA) is 91.1 Å². The standard InChI is InChI=1S/C12H11Cl2N3O2S/c13-10(15)6-8-7-11(14)17(12(8)16)20(18,19)9-4-2-1-3-5-9/h1-7H,15-16H2/b10-6-. The van der Waals surface area contributed by atoms with E-state index in [4.69, 9.17) is 34.7 Å². The molecule has 0 saturated heterocycles. The molecule has 8 heteroatoms. The Morgan fingerprint density at radius 2 is 1.85 bits per heavy atom. The fourth-order valence-corrected chi connectivity index (χ4v) is 3.66. The van der Waals surface area contributed by atoms with Gasteiger partial charge in [-0.2, -0.15) is 0 Å². The molecule has 0 aliphatic carbocycles. The van der Waals surface area contributed by atoms with Crippen molar-refractivity contribution in [2.45, 2.75) is 4.90 Å². The summed E-state index contributed by atoms with van der Waals surface area (Å²) in [5.74, 6) is -0.0533. The van der Waals surface area contributed by atoms with E-state index in [9.17, 15) is 8.42 Å². The number of rotatable bonds is 3. The Labute approximate surface area is 126 Å². The van der Waals surface area contributed by atoms with Crippen molar-refractivity contribution in [3.8, 4) is 0 Å². The summed E-state index contributed by atoms with van der Waals surface area (Å²) in [7, 11) is -3.87. The van der Waals surface area contributed by atoms with Crippen LogP contribution in [-0.4, -0.2) is 12.4 Å². The van der Waals surface area contributed by atoms with Crippen molar-refractivity contribution in [1.82, 2.24) is 3.97 Å². The van der Waals surface area contributed by atoms with Gasteiger partial charge in [-0.3, -0.25) is 0 Å². The fourth-order valence-electron chi connectivity index (χ4n) is 1.70. The van der Waals surface area contributed by atoms with E-state index in [-0.39, 0.29) is 21.0 Å². The molecular weight excluding hydrogens is 321 g/mol. The molecule has 20 heavy (non-hydrogen) atoms. The van der Waals surface area contributed by atoms with E-state index in [1.807, 2.05) is 0 Å². The lowest BCUT2D eigenvalue weighted by Gasteiger charge is -2.09. The molecule has 5 nitrogen and oxygen atoms in total. The van der Waals surface area contributed by atoms with E-state index < -0.39 is 10.0 Å². The highest BCUT2D eigenvalue weighted by Crippen LogP contribution is 2.29. The molecule has 1 aromatic heterocycles. The van der Waals surface area contributed by atoms with Crippen molar-refractivity contribution in [2.75, 3.05) is 5.73 Å². The third-order valence-corrected chi connectivity index (χ3v) is 4.79. The third-order valence-electron chi connectivity index (χ3n) is 2.56. The minimum absolute atomic E-state index is 0.0253. The summed E-state index contributed by atoms with van der Waals surface area (Å²) in [6.07, 6.45) is 1.33. The molecule has 0 saturated carbocycles. The van der Waals surface area contributed by atoms with E-state index in [0.29, 0.717) is 5.56 Å². The molecule has 0 aliphatic heterocycles. The predicted octanol–water partition coefficient (Wildman–Crippen LogP) is 2.46. The van der Waals surface area contributed by atoms with Crippen LogP contribution in [0.15, 0.2) is 46.4 Å². The molecule has 106 valence electrons. The quantitative estimate of drug-likeness (QED) is 0.845. The number of hydrogen-bond acceptors (Lipinski definition) is 4. The minimum Gasteiger partial charge on any atom is -0.389 e. The highest BCUT2D eigenvalue weighted by atomic mass is 35.5. The summed E-state index contributed by atoms with van der Waals surface area (Å²) in [6.45, 7) is 0. The number of nitrogen functional groups attached to an aromatic ring is 1. The van der Waals surface area contributed by atoms with Crippen molar-refractivity contribution in [3.63, 3.8) is 0 Å². The number of benzene rings is 1. The molecule has 2 rings (SSSR count). The summed E-state index contributed by atoms with van der Waals surface area (Å²) in [6, 6.07) is 9.22. The number of anilines is 1. The molecule has 0 radical (unpaired) electrons. The average molecular weight is 332 g/mol. The van der Waals surface area contributed by atoms with Gasteiger partial charge in [0, 0.05) is 5.56 Å². The van der Waals surface area contributed by atoms with E-state index in [0.717, 1.165) is 3.97 Å². The van der Waals surface area contributed by atoms with E-state index in [2.05, 4.69) is 0 Å². The third kappa shape index (κ3) is 2.63. The summed E-state index contributed by atoms with van der Waals surface area (Å²) in [4.78, 5) is 0.0820. The first-order valence-electron chi connectivity index (χ1n) is 5.44. The lowest BCUT2D eigenvalue weighted by Crippen LogP contribution is -2.15. The molecule has 1 aromatic carbocycles. The van der Waals surface area contributed by atoms with Gasteiger partial charge in [-0.1, -0.05) is 41.4 Å². The van der Waals surface area contributed by atoms with Crippen molar-refractivity contribution >= 4 is 45.1 Å². The highest BCUT2D eigenvalue weighted by Gasteiger charge is 2.23. The summed E-state index contributed by atoms with van der Waals surface area (Å²) < 4.78 is 25.8. The normalized spacial score (nSPS) is 12.6. The predicted molar refractivity (Wildman–Crippen MR) is 80.9 cm³/mol.